The molecule has 1 N–H and O–H groups in total. The van der Waals surface area contributed by atoms with Crippen LogP contribution in [0.1, 0.15) is 54.3 Å². The molecular formula is C27H26ClNO4S. The second-order valence-corrected chi connectivity index (χ2v) is 9.87. The van der Waals surface area contributed by atoms with Crippen molar-refractivity contribution in [2.45, 2.75) is 39.7 Å². The average molecular weight is 496 g/mol. The number of ketones is 1. The van der Waals surface area contributed by atoms with Gasteiger partial charge in [0.2, 0.25) is 0 Å². The molecule has 1 amide bonds. The van der Waals surface area contributed by atoms with Crippen LogP contribution in [0, 0.1) is 6.92 Å². The summed E-state index contributed by atoms with van der Waals surface area (Å²) in [5.74, 6) is -0.753. The highest BCUT2D eigenvalue weighted by Gasteiger charge is 2.47. The maximum atomic E-state index is 13.3. The number of carbonyl (C=O) groups is 2. The van der Waals surface area contributed by atoms with Gasteiger partial charge in [-0.1, -0.05) is 37.6 Å². The number of nitrogens with zero attached hydrogens (tertiary/aromatic N) is 1. The summed E-state index contributed by atoms with van der Waals surface area (Å²) in [6, 6.07) is 13.5. The Bertz CT molecular complexity index is 1280. The fourth-order valence-electron chi connectivity index (χ4n) is 4.23. The Morgan fingerprint density at radius 3 is 2.59 bits per heavy atom. The molecule has 0 radical (unpaired) electrons. The van der Waals surface area contributed by atoms with E-state index in [1.165, 1.54) is 16.2 Å². The Labute approximate surface area is 208 Å². The van der Waals surface area contributed by atoms with Crippen molar-refractivity contribution >= 4 is 46.1 Å². The normalized spacial score (nSPS) is 17.6. The average Bonchev–Trinajstić information content (AvgIpc) is 3.42. The first-order chi connectivity index (χ1) is 16.2. The van der Waals surface area contributed by atoms with Gasteiger partial charge in [0.1, 0.15) is 17.6 Å². The molecule has 1 atom stereocenters. The van der Waals surface area contributed by atoms with Gasteiger partial charge in [0.15, 0.2) is 0 Å². The number of aryl methyl sites for hydroxylation is 1. The SMILES string of the molecule is CCOc1ccc(/C(O)=C2/C(=O)C(=O)N(c3cc(Cl)ccc3C)C2c2cccs2)cc1C(C)C. The Kier molecular flexibility index (Phi) is 6.82. The van der Waals surface area contributed by atoms with E-state index in [1.807, 2.05) is 57.3 Å². The molecule has 2 aromatic carbocycles. The van der Waals surface area contributed by atoms with Crippen molar-refractivity contribution in [1.29, 1.82) is 0 Å². The number of ether oxygens (including phenoxy) is 1. The molecule has 1 aromatic heterocycles. The predicted molar refractivity (Wildman–Crippen MR) is 137 cm³/mol. The van der Waals surface area contributed by atoms with E-state index < -0.39 is 17.7 Å². The van der Waals surface area contributed by atoms with Gasteiger partial charge in [0.05, 0.1) is 12.2 Å². The summed E-state index contributed by atoms with van der Waals surface area (Å²) in [6.45, 7) is 8.37. The van der Waals surface area contributed by atoms with Gasteiger partial charge >= 0.3 is 0 Å². The maximum absolute atomic E-state index is 13.3. The van der Waals surface area contributed by atoms with Crippen molar-refractivity contribution in [3.8, 4) is 5.75 Å². The van der Waals surface area contributed by atoms with Crippen molar-refractivity contribution in [3.05, 3.63) is 86.1 Å². The largest absolute Gasteiger partial charge is 0.507 e. The third kappa shape index (κ3) is 4.24. The van der Waals surface area contributed by atoms with Crippen LogP contribution in [0.3, 0.4) is 0 Å². The van der Waals surface area contributed by atoms with Crippen LogP contribution >= 0.6 is 22.9 Å². The van der Waals surface area contributed by atoms with E-state index in [0.29, 0.717) is 22.9 Å². The van der Waals surface area contributed by atoms with E-state index in [9.17, 15) is 14.7 Å². The number of hydrogen-bond donors (Lipinski definition) is 1. The van der Waals surface area contributed by atoms with Gasteiger partial charge in [0.25, 0.3) is 11.7 Å². The van der Waals surface area contributed by atoms with E-state index in [1.54, 1.807) is 24.3 Å². The highest BCUT2D eigenvalue weighted by molar-refractivity contribution is 7.10. The first-order valence-electron chi connectivity index (χ1n) is 11.1. The third-order valence-corrected chi connectivity index (χ3v) is 7.05. The number of rotatable bonds is 6. The molecule has 1 fully saturated rings. The lowest BCUT2D eigenvalue weighted by Gasteiger charge is -2.26. The number of Topliss-reactive ketones (excluding diaryl/α,β-unsaturated/α-hetero) is 1. The van der Waals surface area contributed by atoms with E-state index in [2.05, 4.69) is 0 Å². The molecule has 4 rings (SSSR count). The number of hydrogen-bond acceptors (Lipinski definition) is 5. The van der Waals surface area contributed by atoms with Crippen molar-refractivity contribution in [2.24, 2.45) is 0 Å². The van der Waals surface area contributed by atoms with Crippen LogP contribution in [0.4, 0.5) is 5.69 Å². The monoisotopic (exact) mass is 495 g/mol. The maximum Gasteiger partial charge on any atom is 0.300 e. The van der Waals surface area contributed by atoms with Crippen molar-refractivity contribution in [2.75, 3.05) is 11.5 Å². The fourth-order valence-corrected chi connectivity index (χ4v) is 5.22. The first-order valence-corrected chi connectivity index (χ1v) is 12.4. The van der Waals surface area contributed by atoms with E-state index in [4.69, 9.17) is 16.3 Å². The number of anilines is 1. The number of carbonyl (C=O) groups excluding carboxylic acids is 2. The molecule has 0 bridgehead atoms. The third-order valence-electron chi connectivity index (χ3n) is 5.89. The van der Waals surface area contributed by atoms with Crippen molar-refractivity contribution in [3.63, 3.8) is 0 Å². The Morgan fingerprint density at radius 1 is 1.18 bits per heavy atom. The minimum absolute atomic E-state index is 0.0608. The molecule has 0 aliphatic carbocycles. The van der Waals surface area contributed by atoms with Gasteiger partial charge in [-0.2, -0.15) is 0 Å². The van der Waals surface area contributed by atoms with Crippen LogP contribution in [-0.4, -0.2) is 23.4 Å². The molecule has 34 heavy (non-hydrogen) atoms. The molecular weight excluding hydrogens is 470 g/mol. The Morgan fingerprint density at radius 2 is 1.94 bits per heavy atom. The molecule has 176 valence electrons. The molecule has 1 saturated heterocycles. The van der Waals surface area contributed by atoms with Crippen LogP contribution < -0.4 is 9.64 Å². The fraction of sp³-hybridized carbons (Fsp3) is 0.259. The first kappa shape index (κ1) is 24.0. The minimum atomic E-state index is -0.758. The second-order valence-electron chi connectivity index (χ2n) is 8.46. The smallest absolute Gasteiger partial charge is 0.300 e. The molecule has 1 unspecified atom stereocenters. The van der Waals surface area contributed by atoms with E-state index in [-0.39, 0.29) is 17.3 Å². The Hall–Kier alpha value is -3.09. The summed E-state index contributed by atoms with van der Waals surface area (Å²) in [5, 5.41) is 13.8. The Balaban J connectivity index is 1.93. The quantitative estimate of drug-likeness (QED) is 0.230. The molecule has 0 spiro atoms. The van der Waals surface area contributed by atoms with E-state index in [0.717, 1.165) is 21.8 Å². The molecule has 7 heteroatoms. The number of benzene rings is 2. The van der Waals surface area contributed by atoms with Crippen LogP contribution in [-0.2, 0) is 9.59 Å². The summed E-state index contributed by atoms with van der Waals surface area (Å²) in [4.78, 5) is 28.9. The predicted octanol–water partition coefficient (Wildman–Crippen LogP) is 6.86. The molecule has 5 nitrogen and oxygen atoms in total. The van der Waals surface area contributed by atoms with Crippen LogP contribution in [0.15, 0.2) is 59.5 Å². The van der Waals surface area contributed by atoms with Crippen LogP contribution in [0.25, 0.3) is 5.76 Å². The molecule has 2 heterocycles. The second kappa shape index (κ2) is 9.65. The number of thiophene rings is 1. The minimum Gasteiger partial charge on any atom is -0.507 e. The lowest BCUT2D eigenvalue weighted by molar-refractivity contribution is -0.132. The van der Waals surface area contributed by atoms with Gasteiger partial charge in [0, 0.05) is 21.2 Å². The molecule has 0 saturated carbocycles. The summed E-state index contributed by atoms with van der Waals surface area (Å²) < 4.78 is 5.74. The molecule has 3 aromatic rings. The number of aliphatic hydroxyl groups excluding tert-OH is 1. The lowest BCUT2D eigenvalue weighted by atomic mass is 9.95. The molecule has 1 aliphatic heterocycles. The van der Waals surface area contributed by atoms with Gasteiger partial charge in [-0.3, -0.25) is 14.5 Å². The highest BCUT2D eigenvalue weighted by Crippen LogP contribution is 2.45. The summed E-state index contributed by atoms with van der Waals surface area (Å²) in [5.41, 5.74) is 2.79. The van der Waals surface area contributed by atoms with Crippen LogP contribution in [0.2, 0.25) is 5.02 Å². The summed E-state index contributed by atoms with van der Waals surface area (Å²) in [6.07, 6.45) is 0. The van der Waals surface area contributed by atoms with Gasteiger partial charge in [-0.05, 0) is 72.7 Å². The number of amides is 1. The lowest BCUT2D eigenvalue weighted by Crippen LogP contribution is -2.29. The van der Waals surface area contributed by atoms with Crippen molar-refractivity contribution < 1.29 is 19.4 Å². The zero-order valence-corrected chi connectivity index (χ0v) is 21.0. The van der Waals surface area contributed by atoms with Gasteiger partial charge in [-0.25, -0.2) is 0 Å². The topological polar surface area (TPSA) is 66.8 Å². The van der Waals surface area contributed by atoms with Crippen molar-refractivity contribution in [1.82, 2.24) is 0 Å². The zero-order chi connectivity index (χ0) is 24.6. The summed E-state index contributed by atoms with van der Waals surface area (Å²) >= 11 is 7.66. The van der Waals surface area contributed by atoms with E-state index >= 15 is 0 Å². The van der Waals surface area contributed by atoms with Crippen LogP contribution in [0.5, 0.6) is 5.75 Å². The number of halogens is 1. The highest BCUT2D eigenvalue weighted by atomic mass is 35.5. The standard InChI is InChI=1S/C27H26ClNO4S/c1-5-33-21-11-9-17(13-19(21)15(2)3)25(30)23-24(22-7-6-12-34-22)29(27(32)26(23)31)20-14-18(28)10-8-16(20)4/h6-15,24,30H,5H2,1-4H3/b25-23-. The van der Waals surface area contributed by atoms with Gasteiger partial charge < -0.3 is 9.84 Å². The van der Waals surface area contributed by atoms with Gasteiger partial charge in [-0.15, -0.1) is 11.3 Å². The molecule has 1 aliphatic rings. The zero-order valence-electron chi connectivity index (χ0n) is 19.5. The summed E-state index contributed by atoms with van der Waals surface area (Å²) in [7, 11) is 0. The number of aliphatic hydroxyl groups is 1.